The molecular weight excluding hydrogens is 241 g/mol. The molecule has 1 atom stereocenters. The van der Waals surface area contributed by atoms with Gasteiger partial charge in [-0.3, -0.25) is 9.88 Å². The number of pyridine rings is 1. The number of fused-ring (bicyclic) bond motifs is 1. The normalized spacial score (nSPS) is 18.5. The van der Waals surface area contributed by atoms with Crippen molar-refractivity contribution in [3.8, 4) is 0 Å². The summed E-state index contributed by atoms with van der Waals surface area (Å²) in [6.07, 6.45) is 1.79. The zero-order valence-electron chi connectivity index (χ0n) is 10.6. The largest absolute Gasteiger partial charge is 0.329 e. The van der Waals surface area contributed by atoms with Crippen molar-refractivity contribution in [1.29, 1.82) is 0 Å². The maximum absolute atomic E-state index is 13.4. The summed E-state index contributed by atoms with van der Waals surface area (Å²) in [5.41, 5.74) is 9.04. The predicted molar refractivity (Wildman–Crippen MR) is 71.7 cm³/mol. The third-order valence-corrected chi connectivity index (χ3v) is 3.60. The summed E-state index contributed by atoms with van der Waals surface area (Å²) in [5, 5.41) is 0. The minimum Gasteiger partial charge on any atom is -0.329 e. The van der Waals surface area contributed by atoms with E-state index < -0.39 is 0 Å². The topological polar surface area (TPSA) is 42.1 Å². The lowest BCUT2D eigenvalue weighted by Crippen LogP contribution is -2.27. The summed E-state index contributed by atoms with van der Waals surface area (Å²) < 4.78 is 13.4. The highest BCUT2D eigenvalue weighted by Gasteiger charge is 2.29. The quantitative estimate of drug-likeness (QED) is 0.917. The van der Waals surface area contributed by atoms with Gasteiger partial charge in [0.05, 0.1) is 5.69 Å². The van der Waals surface area contributed by atoms with Crippen LogP contribution < -0.4 is 5.73 Å². The van der Waals surface area contributed by atoms with Crippen molar-refractivity contribution in [2.24, 2.45) is 5.73 Å². The Balaban J connectivity index is 1.85. The third kappa shape index (κ3) is 2.37. The molecule has 1 unspecified atom stereocenters. The van der Waals surface area contributed by atoms with Crippen LogP contribution in [0.15, 0.2) is 42.6 Å². The molecule has 19 heavy (non-hydrogen) atoms. The van der Waals surface area contributed by atoms with Crippen LogP contribution in [0, 0.1) is 5.82 Å². The van der Waals surface area contributed by atoms with Gasteiger partial charge in [0.2, 0.25) is 0 Å². The van der Waals surface area contributed by atoms with Crippen LogP contribution in [0.25, 0.3) is 0 Å². The number of benzene rings is 1. The summed E-state index contributed by atoms with van der Waals surface area (Å²) in [7, 11) is 0. The van der Waals surface area contributed by atoms with E-state index in [0.717, 1.165) is 29.9 Å². The van der Waals surface area contributed by atoms with Crippen molar-refractivity contribution >= 4 is 0 Å². The van der Waals surface area contributed by atoms with E-state index in [9.17, 15) is 4.39 Å². The number of hydrogen-bond donors (Lipinski definition) is 1. The van der Waals surface area contributed by atoms with E-state index >= 15 is 0 Å². The van der Waals surface area contributed by atoms with Gasteiger partial charge in [0.25, 0.3) is 0 Å². The second kappa shape index (κ2) is 5.07. The van der Waals surface area contributed by atoms with Crippen molar-refractivity contribution in [2.75, 3.05) is 6.54 Å². The maximum atomic E-state index is 13.4. The molecule has 0 fully saturated rings. The maximum Gasteiger partial charge on any atom is 0.123 e. The Morgan fingerprint density at radius 1 is 1.32 bits per heavy atom. The zero-order valence-corrected chi connectivity index (χ0v) is 10.6. The second-order valence-electron chi connectivity index (χ2n) is 4.82. The molecule has 2 N–H and O–H groups in total. The van der Waals surface area contributed by atoms with Gasteiger partial charge in [-0.2, -0.15) is 0 Å². The lowest BCUT2D eigenvalue weighted by atomic mass is 10.0. The molecule has 1 aliphatic rings. The van der Waals surface area contributed by atoms with Gasteiger partial charge < -0.3 is 5.73 Å². The third-order valence-electron chi connectivity index (χ3n) is 3.60. The van der Waals surface area contributed by atoms with E-state index in [1.807, 2.05) is 24.3 Å². The molecule has 0 aliphatic carbocycles. The Kier molecular flexibility index (Phi) is 3.27. The van der Waals surface area contributed by atoms with Gasteiger partial charge in [-0.05, 0) is 35.4 Å². The molecule has 0 radical (unpaired) electrons. The van der Waals surface area contributed by atoms with Crippen LogP contribution in [0.4, 0.5) is 4.39 Å². The Morgan fingerprint density at radius 3 is 2.95 bits per heavy atom. The van der Waals surface area contributed by atoms with E-state index in [1.165, 1.54) is 6.07 Å². The standard InChI is InChI=1S/C15H16FN3/c16-12-5-4-11-9-19(15(8-17)14(11)7-12)10-13-3-1-2-6-18-13/h1-7,15H,8-10,17H2. The van der Waals surface area contributed by atoms with Crippen LogP contribution in [0.5, 0.6) is 0 Å². The molecule has 0 amide bonds. The van der Waals surface area contributed by atoms with E-state index in [1.54, 1.807) is 12.3 Å². The van der Waals surface area contributed by atoms with Crippen molar-refractivity contribution in [3.05, 3.63) is 65.2 Å². The fourth-order valence-corrected chi connectivity index (χ4v) is 2.69. The average molecular weight is 257 g/mol. The molecule has 98 valence electrons. The summed E-state index contributed by atoms with van der Waals surface area (Å²) in [6, 6.07) is 10.9. The number of aromatic nitrogens is 1. The van der Waals surface area contributed by atoms with E-state index in [2.05, 4.69) is 9.88 Å². The van der Waals surface area contributed by atoms with Crippen molar-refractivity contribution < 1.29 is 4.39 Å². The smallest absolute Gasteiger partial charge is 0.123 e. The van der Waals surface area contributed by atoms with Crippen LogP contribution in [0.2, 0.25) is 0 Å². The number of nitrogens with zero attached hydrogens (tertiary/aromatic N) is 2. The minimum absolute atomic E-state index is 0.0766. The predicted octanol–water partition coefficient (Wildman–Crippen LogP) is 2.24. The minimum atomic E-state index is -0.197. The molecule has 3 rings (SSSR count). The Morgan fingerprint density at radius 2 is 2.21 bits per heavy atom. The fraction of sp³-hybridized carbons (Fsp3) is 0.267. The molecule has 3 nitrogen and oxygen atoms in total. The van der Waals surface area contributed by atoms with Gasteiger partial charge in [0.1, 0.15) is 5.82 Å². The molecule has 0 spiro atoms. The number of nitrogens with two attached hydrogens (primary N) is 1. The first-order valence-electron chi connectivity index (χ1n) is 6.40. The highest BCUT2D eigenvalue weighted by molar-refractivity contribution is 5.35. The van der Waals surface area contributed by atoms with Gasteiger partial charge in [0.15, 0.2) is 0 Å². The first-order valence-corrected chi connectivity index (χ1v) is 6.40. The highest BCUT2D eigenvalue weighted by atomic mass is 19.1. The number of hydrogen-bond acceptors (Lipinski definition) is 3. The van der Waals surface area contributed by atoms with Gasteiger partial charge in [-0.1, -0.05) is 12.1 Å². The van der Waals surface area contributed by atoms with Crippen molar-refractivity contribution in [3.63, 3.8) is 0 Å². The van der Waals surface area contributed by atoms with Gasteiger partial charge in [-0.25, -0.2) is 4.39 Å². The summed E-state index contributed by atoms with van der Waals surface area (Å²) >= 11 is 0. The molecule has 2 heterocycles. The van der Waals surface area contributed by atoms with Crippen LogP contribution in [-0.4, -0.2) is 16.4 Å². The lowest BCUT2D eigenvalue weighted by molar-refractivity contribution is 0.208. The van der Waals surface area contributed by atoms with Crippen LogP contribution >= 0.6 is 0 Å². The molecule has 2 aromatic rings. The molecule has 1 aromatic heterocycles. The Hall–Kier alpha value is -1.78. The number of rotatable bonds is 3. The highest BCUT2D eigenvalue weighted by Crippen LogP contribution is 2.34. The van der Waals surface area contributed by atoms with Crippen LogP contribution in [0.1, 0.15) is 22.9 Å². The lowest BCUT2D eigenvalue weighted by Gasteiger charge is -2.23. The molecule has 4 heteroatoms. The zero-order chi connectivity index (χ0) is 13.2. The van der Waals surface area contributed by atoms with Gasteiger partial charge >= 0.3 is 0 Å². The SMILES string of the molecule is NCC1c2cc(F)ccc2CN1Cc1ccccn1. The van der Waals surface area contributed by atoms with Gasteiger partial charge in [0, 0.05) is 31.9 Å². The van der Waals surface area contributed by atoms with E-state index in [0.29, 0.717) is 6.54 Å². The Labute approximate surface area is 111 Å². The van der Waals surface area contributed by atoms with Crippen LogP contribution in [0.3, 0.4) is 0 Å². The molecule has 1 aliphatic heterocycles. The van der Waals surface area contributed by atoms with Crippen molar-refractivity contribution in [1.82, 2.24) is 9.88 Å². The summed E-state index contributed by atoms with van der Waals surface area (Å²) in [6.45, 7) is 2.02. The van der Waals surface area contributed by atoms with Crippen molar-refractivity contribution in [2.45, 2.75) is 19.1 Å². The van der Waals surface area contributed by atoms with Crippen LogP contribution in [-0.2, 0) is 13.1 Å². The molecule has 0 bridgehead atoms. The molecule has 1 aromatic carbocycles. The van der Waals surface area contributed by atoms with E-state index in [-0.39, 0.29) is 11.9 Å². The Bertz CT molecular complexity index is 571. The fourth-order valence-electron chi connectivity index (χ4n) is 2.69. The molecular formula is C15H16FN3. The van der Waals surface area contributed by atoms with Gasteiger partial charge in [-0.15, -0.1) is 0 Å². The number of halogens is 1. The monoisotopic (exact) mass is 257 g/mol. The van der Waals surface area contributed by atoms with E-state index in [4.69, 9.17) is 5.73 Å². The molecule has 0 saturated heterocycles. The first kappa shape index (κ1) is 12.3. The summed E-state index contributed by atoms with van der Waals surface area (Å²) in [4.78, 5) is 6.58. The summed E-state index contributed by atoms with van der Waals surface area (Å²) in [5.74, 6) is -0.197. The molecule has 0 saturated carbocycles. The average Bonchev–Trinajstić information content (AvgIpc) is 2.76. The second-order valence-corrected chi connectivity index (χ2v) is 4.82. The first-order chi connectivity index (χ1) is 9.28.